The Bertz CT molecular complexity index is 926. The first-order valence-electron chi connectivity index (χ1n) is 6.61. The molecule has 0 radical (unpaired) electrons. The van der Waals surface area contributed by atoms with Gasteiger partial charge in [0.05, 0.1) is 26.1 Å². The Morgan fingerprint density at radius 2 is 1.75 bits per heavy atom. The minimum atomic E-state index is -0.212. The van der Waals surface area contributed by atoms with Gasteiger partial charge in [-0.25, -0.2) is 4.98 Å². The first kappa shape index (κ1) is 17.5. The zero-order chi connectivity index (χ0) is 17.3. The fraction of sp³-hybridized carbons (Fsp3) is 0. The third-order valence-electron chi connectivity index (χ3n) is 3.08. The molecule has 0 saturated carbocycles. The fourth-order valence-electron chi connectivity index (χ4n) is 1.94. The van der Waals surface area contributed by atoms with Crippen molar-refractivity contribution in [2.75, 3.05) is 5.32 Å². The Kier molecular flexibility index (Phi) is 5.33. The Morgan fingerprint density at radius 1 is 0.958 bits per heavy atom. The molecule has 1 aromatic heterocycles. The number of hydrogen-bond acceptors (Lipinski definition) is 4. The van der Waals surface area contributed by atoms with Crippen LogP contribution < -0.4 is 5.32 Å². The number of carbonyl (C=O) groups excluding carboxylic acids is 1. The van der Waals surface area contributed by atoms with E-state index in [0.29, 0.717) is 35.7 Å². The number of hydrogen-bond donors (Lipinski definition) is 1. The molecule has 0 atom stereocenters. The summed E-state index contributed by atoms with van der Waals surface area (Å²) in [6.07, 6.45) is 1.50. The van der Waals surface area contributed by atoms with E-state index in [1.165, 1.54) is 23.6 Å². The van der Waals surface area contributed by atoms with Gasteiger partial charge in [-0.2, -0.15) is 0 Å². The van der Waals surface area contributed by atoms with Crippen molar-refractivity contribution in [1.82, 2.24) is 4.98 Å². The highest BCUT2D eigenvalue weighted by Gasteiger charge is 2.16. The molecule has 24 heavy (non-hydrogen) atoms. The van der Waals surface area contributed by atoms with Crippen LogP contribution >= 0.6 is 57.7 Å². The number of halogens is 4. The molecule has 3 nitrogen and oxygen atoms in total. The number of aromatic nitrogens is 1. The van der Waals surface area contributed by atoms with Gasteiger partial charge in [0, 0.05) is 16.3 Å². The number of anilines is 2. The SMILES string of the molecule is O=C(c1cnc(Nc2ccc(Cl)c(Cl)c2)s1)c1ccc(Cl)cc1Cl. The van der Waals surface area contributed by atoms with Crippen LogP contribution in [0.2, 0.25) is 20.1 Å². The highest BCUT2D eigenvalue weighted by Crippen LogP contribution is 2.30. The Hall–Kier alpha value is -1.30. The van der Waals surface area contributed by atoms with Crippen molar-refractivity contribution in [2.24, 2.45) is 0 Å². The van der Waals surface area contributed by atoms with Gasteiger partial charge in [-0.1, -0.05) is 57.7 Å². The predicted molar refractivity (Wildman–Crippen MR) is 102 cm³/mol. The van der Waals surface area contributed by atoms with E-state index in [2.05, 4.69) is 10.3 Å². The number of carbonyl (C=O) groups is 1. The lowest BCUT2D eigenvalue weighted by molar-refractivity contribution is 0.104. The van der Waals surface area contributed by atoms with Gasteiger partial charge >= 0.3 is 0 Å². The van der Waals surface area contributed by atoms with Crippen molar-refractivity contribution >= 4 is 74.3 Å². The minimum Gasteiger partial charge on any atom is -0.331 e. The summed E-state index contributed by atoms with van der Waals surface area (Å²) in [7, 11) is 0. The van der Waals surface area contributed by atoms with Gasteiger partial charge in [-0.05, 0) is 36.4 Å². The standard InChI is InChI=1S/C16H8Cl4N2OS/c17-8-1-3-10(12(19)5-8)15(23)14-7-21-16(24-14)22-9-2-4-11(18)13(20)6-9/h1-7H,(H,21,22). The Balaban J connectivity index is 1.82. The summed E-state index contributed by atoms with van der Waals surface area (Å²) in [4.78, 5) is 17.2. The van der Waals surface area contributed by atoms with Crippen LogP contribution in [0, 0.1) is 0 Å². The van der Waals surface area contributed by atoms with E-state index in [4.69, 9.17) is 46.4 Å². The monoisotopic (exact) mass is 416 g/mol. The van der Waals surface area contributed by atoms with Crippen molar-refractivity contribution in [3.63, 3.8) is 0 Å². The van der Waals surface area contributed by atoms with Crippen molar-refractivity contribution in [2.45, 2.75) is 0 Å². The molecule has 0 fully saturated rings. The van der Waals surface area contributed by atoms with Gasteiger partial charge in [-0.3, -0.25) is 4.79 Å². The Morgan fingerprint density at radius 3 is 2.46 bits per heavy atom. The van der Waals surface area contributed by atoms with Gasteiger partial charge in [0.2, 0.25) is 5.78 Å². The van der Waals surface area contributed by atoms with Crippen LogP contribution in [0.3, 0.4) is 0 Å². The van der Waals surface area contributed by atoms with Gasteiger partial charge in [0.15, 0.2) is 5.13 Å². The molecule has 3 rings (SSSR count). The third kappa shape index (κ3) is 3.85. The zero-order valence-corrected chi connectivity index (χ0v) is 15.7. The number of ketones is 1. The number of benzene rings is 2. The summed E-state index contributed by atoms with van der Waals surface area (Å²) < 4.78 is 0. The van der Waals surface area contributed by atoms with Gasteiger partial charge in [0.1, 0.15) is 0 Å². The molecule has 0 aliphatic heterocycles. The molecule has 8 heteroatoms. The molecule has 122 valence electrons. The lowest BCUT2D eigenvalue weighted by atomic mass is 10.1. The topological polar surface area (TPSA) is 42.0 Å². The number of nitrogens with zero attached hydrogens (tertiary/aromatic N) is 1. The van der Waals surface area contributed by atoms with Crippen LogP contribution in [-0.2, 0) is 0 Å². The lowest BCUT2D eigenvalue weighted by Crippen LogP contribution is -1.99. The summed E-state index contributed by atoms with van der Waals surface area (Å²) in [5, 5.41) is 5.32. The highest BCUT2D eigenvalue weighted by atomic mass is 35.5. The maximum Gasteiger partial charge on any atom is 0.206 e. The molecule has 0 aliphatic rings. The van der Waals surface area contributed by atoms with E-state index in [1.54, 1.807) is 30.3 Å². The summed E-state index contributed by atoms with van der Waals surface area (Å²) in [6.45, 7) is 0. The maximum absolute atomic E-state index is 12.5. The van der Waals surface area contributed by atoms with Crippen molar-refractivity contribution in [3.8, 4) is 0 Å². The second-order valence-corrected chi connectivity index (χ2v) is 7.43. The van der Waals surface area contributed by atoms with Crippen molar-refractivity contribution in [3.05, 3.63) is 73.1 Å². The van der Waals surface area contributed by atoms with Crippen molar-refractivity contribution in [1.29, 1.82) is 0 Å². The molecule has 1 heterocycles. The largest absolute Gasteiger partial charge is 0.331 e. The smallest absolute Gasteiger partial charge is 0.206 e. The lowest BCUT2D eigenvalue weighted by Gasteiger charge is -2.04. The van der Waals surface area contributed by atoms with Crippen LogP contribution in [0.15, 0.2) is 42.6 Å². The Labute approximate surface area is 162 Å². The van der Waals surface area contributed by atoms with Gasteiger partial charge in [0.25, 0.3) is 0 Å². The normalized spacial score (nSPS) is 10.7. The number of thiazole rings is 1. The first-order chi connectivity index (χ1) is 11.4. The highest BCUT2D eigenvalue weighted by molar-refractivity contribution is 7.17. The minimum absolute atomic E-state index is 0.212. The molecule has 0 aliphatic carbocycles. The predicted octanol–water partition coefficient (Wildman–Crippen LogP) is 6.73. The number of rotatable bonds is 4. The van der Waals surface area contributed by atoms with E-state index in [1.807, 2.05) is 0 Å². The first-order valence-corrected chi connectivity index (χ1v) is 8.94. The molecular weight excluding hydrogens is 410 g/mol. The molecule has 2 aromatic carbocycles. The zero-order valence-electron chi connectivity index (χ0n) is 11.8. The van der Waals surface area contributed by atoms with Crippen LogP contribution in [0.25, 0.3) is 0 Å². The molecule has 1 N–H and O–H groups in total. The van der Waals surface area contributed by atoms with E-state index in [-0.39, 0.29) is 5.78 Å². The quantitative estimate of drug-likeness (QED) is 0.478. The molecule has 0 saturated heterocycles. The van der Waals surface area contributed by atoms with E-state index in [0.717, 1.165) is 5.69 Å². The van der Waals surface area contributed by atoms with Gasteiger partial charge in [-0.15, -0.1) is 0 Å². The van der Waals surface area contributed by atoms with Crippen molar-refractivity contribution < 1.29 is 4.79 Å². The fourth-order valence-corrected chi connectivity index (χ4v) is 3.52. The molecule has 3 aromatic rings. The maximum atomic E-state index is 12.5. The third-order valence-corrected chi connectivity index (χ3v) is 5.27. The van der Waals surface area contributed by atoms with Crippen LogP contribution in [0.4, 0.5) is 10.8 Å². The molecular formula is C16H8Cl4N2OS. The average Bonchev–Trinajstić information content (AvgIpc) is 2.99. The molecule has 0 unspecified atom stereocenters. The summed E-state index contributed by atoms with van der Waals surface area (Å²) in [5.41, 5.74) is 1.10. The molecule has 0 spiro atoms. The summed E-state index contributed by atoms with van der Waals surface area (Å²) in [6, 6.07) is 9.89. The molecule has 0 amide bonds. The van der Waals surface area contributed by atoms with Crippen LogP contribution in [-0.4, -0.2) is 10.8 Å². The van der Waals surface area contributed by atoms with Gasteiger partial charge < -0.3 is 5.32 Å². The number of nitrogens with one attached hydrogen (secondary N) is 1. The van der Waals surface area contributed by atoms with E-state index < -0.39 is 0 Å². The summed E-state index contributed by atoms with van der Waals surface area (Å²) >= 11 is 25.0. The molecule has 0 bridgehead atoms. The second kappa shape index (κ2) is 7.30. The average molecular weight is 418 g/mol. The van der Waals surface area contributed by atoms with Crippen LogP contribution in [0.5, 0.6) is 0 Å². The van der Waals surface area contributed by atoms with E-state index in [9.17, 15) is 4.79 Å². The summed E-state index contributed by atoms with van der Waals surface area (Å²) in [5.74, 6) is -0.212. The second-order valence-electron chi connectivity index (χ2n) is 4.74. The van der Waals surface area contributed by atoms with E-state index >= 15 is 0 Å². The van der Waals surface area contributed by atoms with Crippen LogP contribution in [0.1, 0.15) is 15.2 Å².